The number of piperidine rings is 1. The summed E-state index contributed by atoms with van der Waals surface area (Å²) < 4.78 is 5.78. The number of rotatable bonds is 7. The zero-order valence-electron chi connectivity index (χ0n) is 17.3. The Balaban J connectivity index is 1.49. The quantitative estimate of drug-likeness (QED) is 0.537. The molecular formula is C21H35N5OS. The Morgan fingerprint density at radius 1 is 1.32 bits per heavy atom. The Morgan fingerprint density at radius 3 is 2.75 bits per heavy atom. The number of nitrogens with zero attached hydrogens (tertiary/aromatic N) is 3. The molecule has 0 unspecified atom stereocenters. The van der Waals surface area contributed by atoms with Gasteiger partial charge < -0.3 is 15.4 Å². The second-order valence-electron chi connectivity index (χ2n) is 7.71. The maximum atomic E-state index is 5.55. The molecule has 0 spiro atoms. The summed E-state index contributed by atoms with van der Waals surface area (Å²) in [4.78, 5) is 11.9. The summed E-state index contributed by atoms with van der Waals surface area (Å²) in [5.41, 5.74) is 1.16. The van der Waals surface area contributed by atoms with Crippen LogP contribution in [-0.2, 0) is 11.3 Å². The fourth-order valence-electron chi connectivity index (χ4n) is 3.86. The van der Waals surface area contributed by atoms with Crippen LogP contribution in [-0.4, -0.2) is 72.3 Å². The van der Waals surface area contributed by atoms with E-state index < -0.39 is 0 Å². The molecule has 3 rings (SSSR count). The number of pyridine rings is 1. The average Bonchev–Trinajstić information content (AvgIpc) is 2.75. The van der Waals surface area contributed by atoms with Gasteiger partial charge in [0.25, 0.3) is 0 Å². The van der Waals surface area contributed by atoms with Crippen LogP contribution in [0.4, 0.5) is 0 Å². The lowest BCUT2D eigenvalue weighted by Gasteiger charge is -2.35. The van der Waals surface area contributed by atoms with E-state index in [0.29, 0.717) is 6.04 Å². The zero-order chi connectivity index (χ0) is 19.7. The number of aliphatic imine (C=N–C) groups is 1. The van der Waals surface area contributed by atoms with E-state index in [9.17, 15) is 0 Å². The fraction of sp³-hybridized carbons (Fsp3) is 0.714. The highest BCUT2D eigenvalue weighted by Crippen LogP contribution is 2.34. The van der Waals surface area contributed by atoms with Gasteiger partial charge in [0.15, 0.2) is 5.96 Å². The third-order valence-corrected chi connectivity index (χ3v) is 7.15. The zero-order valence-corrected chi connectivity index (χ0v) is 18.1. The Bertz CT molecular complexity index is 598. The largest absolute Gasteiger partial charge is 0.381 e. The van der Waals surface area contributed by atoms with Crippen molar-refractivity contribution in [2.24, 2.45) is 4.99 Å². The lowest BCUT2D eigenvalue weighted by Crippen LogP contribution is -2.49. The Morgan fingerprint density at radius 2 is 2.11 bits per heavy atom. The number of guanidine groups is 1. The summed E-state index contributed by atoms with van der Waals surface area (Å²) in [6.07, 6.45) is 8.53. The van der Waals surface area contributed by atoms with Crippen molar-refractivity contribution in [2.75, 3.05) is 45.6 Å². The van der Waals surface area contributed by atoms with Gasteiger partial charge in [0, 0.05) is 56.4 Å². The first-order valence-corrected chi connectivity index (χ1v) is 11.8. The third-order valence-electron chi connectivity index (χ3n) is 5.75. The predicted molar refractivity (Wildman–Crippen MR) is 118 cm³/mol. The molecule has 3 heterocycles. The fourth-order valence-corrected chi connectivity index (χ4v) is 4.63. The van der Waals surface area contributed by atoms with Gasteiger partial charge in [-0.3, -0.25) is 14.9 Å². The van der Waals surface area contributed by atoms with E-state index in [1.54, 1.807) is 0 Å². The molecule has 0 saturated carbocycles. The smallest absolute Gasteiger partial charge is 0.191 e. The van der Waals surface area contributed by atoms with Gasteiger partial charge in [-0.1, -0.05) is 6.07 Å². The number of hydrogen-bond donors (Lipinski definition) is 2. The van der Waals surface area contributed by atoms with Gasteiger partial charge in [0.1, 0.15) is 0 Å². The minimum absolute atomic E-state index is 0.229. The van der Waals surface area contributed by atoms with Crippen LogP contribution >= 0.6 is 11.8 Å². The first-order chi connectivity index (χ1) is 13.7. The van der Waals surface area contributed by atoms with Crippen LogP contribution in [0, 0.1) is 0 Å². The van der Waals surface area contributed by atoms with E-state index in [2.05, 4.69) is 45.8 Å². The van der Waals surface area contributed by atoms with Crippen molar-refractivity contribution in [1.29, 1.82) is 0 Å². The van der Waals surface area contributed by atoms with Crippen molar-refractivity contribution in [1.82, 2.24) is 20.5 Å². The van der Waals surface area contributed by atoms with Gasteiger partial charge in [-0.15, -0.1) is 0 Å². The van der Waals surface area contributed by atoms with Crippen molar-refractivity contribution in [3.8, 4) is 0 Å². The third kappa shape index (κ3) is 6.36. The summed E-state index contributed by atoms with van der Waals surface area (Å²) in [5.74, 6) is 0.964. The first kappa shape index (κ1) is 21.4. The van der Waals surface area contributed by atoms with E-state index in [1.807, 2.05) is 24.0 Å². The van der Waals surface area contributed by atoms with Crippen molar-refractivity contribution >= 4 is 17.7 Å². The van der Waals surface area contributed by atoms with Gasteiger partial charge in [-0.25, -0.2) is 0 Å². The highest BCUT2D eigenvalue weighted by Gasteiger charge is 2.31. The number of likely N-dealkylation sites (tertiary alicyclic amines) is 1. The van der Waals surface area contributed by atoms with Gasteiger partial charge in [0.2, 0.25) is 0 Å². The molecule has 0 atom stereocenters. The van der Waals surface area contributed by atoms with Gasteiger partial charge in [-0.2, -0.15) is 11.8 Å². The topological polar surface area (TPSA) is 61.8 Å². The maximum absolute atomic E-state index is 5.55. The second kappa shape index (κ2) is 11.0. The van der Waals surface area contributed by atoms with E-state index >= 15 is 0 Å². The number of ether oxygens (including phenoxy) is 1. The van der Waals surface area contributed by atoms with Crippen LogP contribution in [0.5, 0.6) is 0 Å². The maximum Gasteiger partial charge on any atom is 0.191 e. The van der Waals surface area contributed by atoms with Gasteiger partial charge in [0.05, 0.1) is 12.2 Å². The summed E-state index contributed by atoms with van der Waals surface area (Å²) >= 11 is 1.95. The molecule has 28 heavy (non-hydrogen) atoms. The van der Waals surface area contributed by atoms with Crippen LogP contribution in [0.25, 0.3) is 0 Å². The van der Waals surface area contributed by atoms with Crippen LogP contribution in [0.2, 0.25) is 0 Å². The highest BCUT2D eigenvalue weighted by molar-refractivity contribution is 8.00. The van der Waals surface area contributed by atoms with Crippen LogP contribution < -0.4 is 10.6 Å². The highest BCUT2D eigenvalue weighted by atomic mass is 32.2. The Kier molecular flexibility index (Phi) is 8.43. The second-order valence-corrected chi connectivity index (χ2v) is 8.98. The molecule has 156 valence electrons. The molecule has 0 radical (unpaired) electrons. The molecule has 0 amide bonds. The summed E-state index contributed by atoms with van der Waals surface area (Å²) in [5, 5.41) is 7.11. The van der Waals surface area contributed by atoms with Gasteiger partial charge >= 0.3 is 0 Å². The van der Waals surface area contributed by atoms with Crippen molar-refractivity contribution < 1.29 is 4.74 Å². The number of nitrogens with one attached hydrogen (secondary N) is 2. The normalized spacial score (nSPS) is 21.4. The minimum Gasteiger partial charge on any atom is -0.381 e. The number of aromatic nitrogens is 1. The molecular weight excluding hydrogens is 370 g/mol. The van der Waals surface area contributed by atoms with Crippen molar-refractivity contribution in [3.05, 3.63) is 30.1 Å². The molecule has 2 N–H and O–H groups in total. The molecule has 0 aromatic carbocycles. The van der Waals surface area contributed by atoms with Crippen molar-refractivity contribution in [3.63, 3.8) is 0 Å². The number of hydrogen-bond acceptors (Lipinski definition) is 5. The SMILES string of the molecule is CCNC(=NCC1(SC)CCOCC1)NC1CCN(Cc2ccccn2)CC1. The van der Waals surface area contributed by atoms with Crippen molar-refractivity contribution in [2.45, 2.75) is 49.9 Å². The lowest BCUT2D eigenvalue weighted by atomic mass is 9.99. The molecule has 6 nitrogen and oxygen atoms in total. The molecule has 1 aromatic heterocycles. The van der Waals surface area contributed by atoms with E-state index in [4.69, 9.17) is 9.73 Å². The number of thioether (sulfide) groups is 1. The van der Waals surface area contributed by atoms with Crippen LogP contribution in [0.1, 0.15) is 38.3 Å². The van der Waals surface area contributed by atoms with E-state index in [0.717, 1.165) is 83.3 Å². The predicted octanol–water partition coefficient (Wildman–Crippen LogP) is 2.51. The molecule has 7 heteroatoms. The van der Waals surface area contributed by atoms with Crippen LogP contribution in [0.3, 0.4) is 0 Å². The molecule has 2 saturated heterocycles. The molecule has 0 bridgehead atoms. The molecule has 0 aliphatic carbocycles. The monoisotopic (exact) mass is 405 g/mol. The Hall–Kier alpha value is -1.31. The molecule has 2 aliphatic heterocycles. The first-order valence-electron chi connectivity index (χ1n) is 10.5. The standard InChI is InChI=1S/C21H35N5OS/c1-3-22-20(24-17-21(28-2)9-14-27-15-10-21)25-18-7-12-26(13-8-18)16-19-6-4-5-11-23-19/h4-6,11,18H,3,7-10,12-17H2,1-2H3,(H2,22,24,25). The summed E-state index contributed by atoms with van der Waals surface area (Å²) in [6.45, 7) is 8.72. The molecule has 2 fully saturated rings. The summed E-state index contributed by atoms with van der Waals surface area (Å²) in [6, 6.07) is 6.63. The van der Waals surface area contributed by atoms with E-state index in [-0.39, 0.29) is 4.75 Å². The Labute approximate surface area is 173 Å². The van der Waals surface area contributed by atoms with E-state index in [1.165, 1.54) is 0 Å². The molecule has 2 aliphatic rings. The summed E-state index contributed by atoms with van der Waals surface area (Å²) in [7, 11) is 0. The minimum atomic E-state index is 0.229. The lowest BCUT2D eigenvalue weighted by molar-refractivity contribution is 0.0794. The molecule has 1 aromatic rings. The average molecular weight is 406 g/mol. The van der Waals surface area contributed by atoms with Gasteiger partial charge in [-0.05, 0) is 51.0 Å². The van der Waals surface area contributed by atoms with Crippen LogP contribution in [0.15, 0.2) is 29.4 Å².